The number of thioether (sulfide) groups is 1. The Labute approximate surface area is 134 Å². The maximum Gasteiger partial charge on any atom is 0.222 e. The lowest BCUT2D eigenvalue weighted by molar-refractivity contribution is -0.127. The van der Waals surface area contributed by atoms with Gasteiger partial charge in [-0.15, -0.1) is 0 Å². The van der Waals surface area contributed by atoms with Crippen LogP contribution in [0.3, 0.4) is 0 Å². The topological polar surface area (TPSA) is 53.2 Å². The first-order valence-electron chi connectivity index (χ1n) is 7.59. The van der Waals surface area contributed by atoms with Crippen LogP contribution in [0, 0.1) is 5.92 Å². The highest BCUT2D eigenvalue weighted by atomic mass is 32.2. The number of aromatic amines is 1. The summed E-state index contributed by atoms with van der Waals surface area (Å²) < 4.78 is 0. The van der Waals surface area contributed by atoms with Crippen LogP contribution < -0.4 is 0 Å². The van der Waals surface area contributed by atoms with Gasteiger partial charge in [0.15, 0.2) is 5.12 Å². The van der Waals surface area contributed by atoms with Crippen LogP contribution in [-0.2, 0) is 16.0 Å². The molecule has 1 atom stereocenters. The first kappa shape index (κ1) is 15.2. The third kappa shape index (κ3) is 3.35. The van der Waals surface area contributed by atoms with E-state index in [4.69, 9.17) is 0 Å². The van der Waals surface area contributed by atoms with E-state index in [0.29, 0.717) is 12.3 Å². The summed E-state index contributed by atoms with van der Waals surface area (Å²) in [5.41, 5.74) is 2.41. The third-order valence-corrected chi connectivity index (χ3v) is 5.19. The number of para-hydroxylation sites is 1. The lowest BCUT2D eigenvalue weighted by Crippen LogP contribution is -2.27. The van der Waals surface area contributed by atoms with Crippen molar-refractivity contribution in [1.82, 2.24) is 9.88 Å². The van der Waals surface area contributed by atoms with E-state index in [0.717, 1.165) is 30.8 Å². The molecule has 1 aliphatic rings. The lowest BCUT2D eigenvalue weighted by Gasteiger charge is -2.16. The van der Waals surface area contributed by atoms with Gasteiger partial charge in [0.25, 0.3) is 0 Å². The van der Waals surface area contributed by atoms with E-state index in [9.17, 15) is 9.59 Å². The molecule has 22 heavy (non-hydrogen) atoms. The van der Waals surface area contributed by atoms with Gasteiger partial charge in [0.1, 0.15) is 0 Å². The molecule has 0 aliphatic carbocycles. The van der Waals surface area contributed by atoms with Gasteiger partial charge in [-0.2, -0.15) is 0 Å². The van der Waals surface area contributed by atoms with Crippen molar-refractivity contribution in [2.75, 3.05) is 18.8 Å². The molecule has 0 bridgehead atoms. The average molecular weight is 316 g/mol. The minimum Gasteiger partial charge on any atom is -0.361 e. The summed E-state index contributed by atoms with van der Waals surface area (Å²) >= 11 is 1.33. The van der Waals surface area contributed by atoms with Crippen molar-refractivity contribution in [3.63, 3.8) is 0 Å². The molecule has 0 saturated carbocycles. The van der Waals surface area contributed by atoms with Crippen LogP contribution in [0.2, 0.25) is 0 Å². The summed E-state index contributed by atoms with van der Waals surface area (Å²) in [5, 5.41) is 1.34. The van der Waals surface area contributed by atoms with Crippen LogP contribution in [0.15, 0.2) is 30.5 Å². The van der Waals surface area contributed by atoms with Crippen molar-refractivity contribution >= 4 is 33.7 Å². The second-order valence-corrected chi connectivity index (χ2v) is 7.02. The minimum absolute atomic E-state index is 0.129. The summed E-state index contributed by atoms with van der Waals surface area (Å²) in [6.45, 7) is 3.11. The first-order valence-corrected chi connectivity index (χ1v) is 8.58. The largest absolute Gasteiger partial charge is 0.361 e. The Morgan fingerprint density at radius 3 is 3.09 bits per heavy atom. The molecule has 3 rings (SSSR count). The Morgan fingerprint density at radius 2 is 2.27 bits per heavy atom. The molecule has 2 heterocycles. The number of aromatic nitrogens is 1. The fourth-order valence-electron chi connectivity index (χ4n) is 3.03. The Bertz CT molecular complexity index is 695. The lowest BCUT2D eigenvalue weighted by atomic mass is 10.1. The molecule has 1 fully saturated rings. The number of carbonyl (C=O) groups excluding carboxylic acids is 2. The van der Waals surface area contributed by atoms with Crippen molar-refractivity contribution in [3.8, 4) is 0 Å². The van der Waals surface area contributed by atoms with Crippen molar-refractivity contribution < 1.29 is 9.59 Å². The number of nitrogens with one attached hydrogen (secondary N) is 1. The normalized spacial score (nSPS) is 18.3. The molecule has 2 aromatic rings. The van der Waals surface area contributed by atoms with Gasteiger partial charge in [0, 0.05) is 43.9 Å². The zero-order chi connectivity index (χ0) is 15.5. The number of nitrogens with zero attached hydrogens (tertiary/aromatic N) is 1. The van der Waals surface area contributed by atoms with Crippen LogP contribution in [0.4, 0.5) is 0 Å². The van der Waals surface area contributed by atoms with E-state index in [1.54, 1.807) is 6.92 Å². The molecule has 1 aromatic carbocycles. The van der Waals surface area contributed by atoms with Gasteiger partial charge in [-0.05, 0) is 29.4 Å². The second-order valence-electron chi connectivity index (χ2n) is 5.82. The zero-order valence-electron chi connectivity index (χ0n) is 12.7. The fourth-order valence-corrected chi connectivity index (χ4v) is 3.72. The van der Waals surface area contributed by atoms with E-state index >= 15 is 0 Å². The van der Waals surface area contributed by atoms with Gasteiger partial charge in [-0.1, -0.05) is 30.0 Å². The van der Waals surface area contributed by atoms with Crippen molar-refractivity contribution in [1.29, 1.82) is 0 Å². The fraction of sp³-hybridized carbons (Fsp3) is 0.412. The van der Waals surface area contributed by atoms with E-state index < -0.39 is 0 Å². The molecule has 1 amide bonds. The van der Waals surface area contributed by atoms with Gasteiger partial charge >= 0.3 is 0 Å². The number of fused-ring (bicyclic) bond motifs is 1. The molecule has 4 nitrogen and oxygen atoms in total. The average Bonchev–Trinajstić information content (AvgIpc) is 3.09. The Morgan fingerprint density at radius 1 is 1.41 bits per heavy atom. The SMILES string of the molecule is CC(=O)SCC1CC(=O)N(CCc2cccc3cc[nH]c23)C1. The summed E-state index contributed by atoms with van der Waals surface area (Å²) in [6.07, 6.45) is 3.38. The second kappa shape index (κ2) is 6.57. The maximum absolute atomic E-state index is 12.1. The molecule has 1 aliphatic heterocycles. The summed E-state index contributed by atoms with van der Waals surface area (Å²) in [4.78, 5) is 28.3. The molecule has 1 aromatic heterocycles. The van der Waals surface area contributed by atoms with Gasteiger partial charge in [-0.3, -0.25) is 9.59 Å². The number of hydrogen-bond donors (Lipinski definition) is 1. The van der Waals surface area contributed by atoms with Crippen molar-refractivity contribution in [2.45, 2.75) is 19.8 Å². The number of H-pyrrole nitrogens is 1. The highest BCUT2D eigenvalue weighted by Crippen LogP contribution is 2.23. The molecular formula is C17H20N2O2S. The highest BCUT2D eigenvalue weighted by Gasteiger charge is 2.29. The van der Waals surface area contributed by atoms with Crippen LogP contribution in [0.25, 0.3) is 10.9 Å². The Hall–Kier alpha value is -1.75. The van der Waals surface area contributed by atoms with Crippen LogP contribution in [-0.4, -0.2) is 39.7 Å². The number of amides is 1. The van der Waals surface area contributed by atoms with Gasteiger partial charge < -0.3 is 9.88 Å². The number of likely N-dealkylation sites (tertiary alicyclic amines) is 1. The summed E-state index contributed by atoms with van der Waals surface area (Å²) in [7, 11) is 0. The molecule has 1 saturated heterocycles. The molecule has 1 unspecified atom stereocenters. The number of carbonyl (C=O) groups is 2. The Kier molecular flexibility index (Phi) is 4.52. The molecular weight excluding hydrogens is 296 g/mol. The van der Waals surface area contributed by atoms with E-state index in [-0.39, 0.29) is 11.0 Å². The predicted molar refractivity (Wildman–Crippen MR) is 89.8 cm³/mol. The molecule has 116 valence electrons. The standard InChI is InChI=1S/C17H20N2O2S/c1-12(20)22-11-13-9-16(21)19(10-13)8-6-15-4-2-3-14-5-7-18-17(14)15/h2-5,7,13,18H,6,8-11H2,1H3. The van der Waals surface area contributed by atoms with E-state index in [1.807, 2.05) is 11.1 Å². The number of benzene rings is 1. The number of rotatable bonds is 5. The van der Waals surface area contributed by atoms with Crippen LogP contribution in [0.5, 0.6) is 0 Å². The zero-order valence-corrected chi connectivity index (χ0v) is 13.5. The predicted octanol–water partition coefficient (Wildman–Crippen LogP) is 2.84. The number of hydrogen-bond acceptors (Lipinski definition) is 3. The van der Waals surface area contributed by atoms with Crippen LogP contribution in [0.1, 0.15) is 18.9 Å². The van der Waals surface area contributed by atoms with Gasteiger partial charge in [0.05, 0.1) is 0 Å². The quantitative estimate of drug-likeness (QED) is 0.923. The molecule has 1 N–H and O–H groups in total. The Balaban J connectivity index is 1.58. The monoisotopic (exact) mass is 316 g/mol. The third-order valence-electron chi connectivity index (χ3n) is 4.14. The molecule has 0 radical (unpaired) electrons. The van der Waals surface area contributed by atoms with Crippen LogP contribution >= 0.6 is 11.8 Å². The first-order chi connectivity index (χ1) is 10.6. The summed E-state index contributed by atoms with van der Waals surface area (Å²) in [5.74, 6) is 1.28. The maximum atomic E-state index is 12.1. The van der Waals surface area contributed by atoms with E-state index in [2.05, 4.69) is 29.2 Å². The smallest absolute Gasteiger partial charge is 0.222 e. The van der Waals surface area contributed by atoms with Gasteiger partial charge in [0.2, 0.25) is 5.91 Å². The van der Waals surface area contributed by atoms with Crippen molar-refractivity contribution in [3.05, 3.63) is 36.0 Å². The molecule has 0 spiro atoms. The minimum atomic E-state index is 0.129. The van der Waals surface area contributed by atoms with Gasteiger partial charge in [-0.25, -0.2) is 0 Å². The van der Waals surface area contributed by atoms with E-state index in [1.165, 1.54) is 22.7 Å². The highest BCUT2D eigenvalue weighted by molar-refractivity contribution is 8.13. The molecule has 5 heteroatoms. The summed E-state index contributed by atoms with van der Waals surface area (Å²) in [6, 6.07) is 8.33. The van der Waals surface area contributed by atoms with Crippen molar-refractivity contribution in [2.24, 2.45) is 5.92 Å².